The second-order valence-electron chi connectivity index (χ2n) is 7.15. The predicted molar refractivity (Wildman–Crippen MR) is 104 cm³/mol. The van der Waals surface area contributed by atoms with Crippen LogP contribution in [0, 0.1) is 5.92 Å². The van der Waals surface area contributed by atoms with Gasteiger partial charge in [0.05, 0.1) is 12.2 Å². The minimum absolute atomic E-state index is 0.258. The fourth-order valence-electron chi connectivity index (χ4n) is 2.81. The first-order valence-electron chi connectivity index (χ1n) is 9.97. The van der Waals surface area contributed by atoms with Crippen LogP contribution in [0.15, 0.2) is 24.3 Å². The lowest BCUT2D eigenvalue weighted by Gasteiger charge is -2.07. The molecular formula is C22H36O3. The third-order valence-corrected chi connectivity index (χ3v) is 4.23. The molecule has 0 unspecified atom stereocenters. The Morgan fingerprint density at radius 3 is 2.52 bits per heavy atom. The van der Waals surface area contributed by atoms with Crippen LogP contribution in [-0.2, 0) is 15.9 Å². The van der Waals surface area contributed by atoms with E-state index in [0.717, 1.165) is 31.8 Å². The van der Waals surface area contributed by atoms with E-state index in [-0.39, 0.29) is 5.97 Å². The van der Waals surface area contributed by atoms with Crippen molar-refractivity contribution in [2.45, 2.75) is 72.1 Å². The van der Waals surface area contributed by atoms with Gasteiger partial charge in [-0.15, -0.1) is 0 Å². The molecule has 0 spiro atoms. The molecule has 25 heavy (non-hydrogen) atoms. The normalized spacial score (nSPS) is 11.0. The second kappa shape index (κ2) is 13.9. The van der Waals surface area contributed by atoms with Gasteiger partial charge < -0.3 is 9.47 Å². The molecule has 1 rings (SSSR count). The molecule has 0 aliphatic heterocycles. The highest BCUT2D eigenvalue weighted by molar-refractivity contribution is 5.89. The Bertz CT molecular complexity index is 468. The average Bonchev–Trinajstić information content (AvgIpc) is 2.59. The SMILES string of the molecule is CCCc1cccc(C(=O)OCCOCCCCCCCC(C)C)c1. The van der Waals surface area contributed by atoms with Gasteiger partial charge in [0.2, 0.25) is 0 Å². The fraction of sp³-hybridized carbons (Fsp3) is 0.682. The maximum Gasteiger partial charge on any atom is 0.338 e. The Morgan fingerprint density at radius 1 is 1.00 bits per heavy atom. The fourth-order valence-corrected chi connectivity index (χ4v) is 2.81. The summed E-state index contributed by atoms with van der Waals surface area (Å²) in [4.78, 5) is 12.0. The third-order valence-electron chi connectivity index (χ3n) is 4.23. The van der Waals surface area contributed by atoms with E-state index in [2.05, 4.69) is 20.8 Å². The molecule has 0 aliphatic rings. The van der Waals surface area contributed by atoms with Gasteiger partial charge in [-0.25, -0.2) is 4.79 Å². The first kappa shape index (κ1) is 21.7. The molecule has 0 heterocycles. The van der Waals surface area contributed by atoms with Gasteiger partial charge in [-0.3, -0.25) is 0 Å². The molecule has 0 amide bonds. The number of carbonyl (C=O) groups excluding carboxylic acids is 1. The van der Waals surface area contributed by atoms with Crippen molar-refractivity contribution in [3.8, 4) is 0 Å². The van der Waals surface area contributed by atoms with E-state index >= 15 is 0 Å². The van der Waals surface area contributed by atoms with Gasteiger partial charge in [0, 0.05) is 6.61 Å². The van der Waals surface area contributed by atoms with Crippen LogP contribution >= 0.6 is 0 Å². The van der Waals surface area contributed by atoms with Gasteiger partial charge in [0.25, 0.3) is 0 Å². The standard InChI is InChI=1S/C22H36O3/c1-4-11-20-13-10-14-21(18-20)22(23)25-17-16-24-15-9-7-5-6-8-12-19(2)3/h10,13-14,18-19H,4-9,11-12,15-17H2,1-3H3. The van der Waals surface area contributed by atoms with Gasteiger partial charge in [-0.2, -0.15) is 0 Å². The van der Waals surface area contributed by atoms with Crippen molar-refractivity contribution in [3.63, 3.8) is 0 Å². The highest BCUT2D eigenvalue weighted by atomic mass is 16.6. The minimum atomic E-state index is -0.258. The summed E-state index contributed by atoms with van der Waals surface area (Å²) >= 11 is 0. The number of benzene rings is 1. The molecule has 0 saturated carbocycles. The van der Waals surface area contributed by atoms with Crippen molar-refractivity contribution in [2.75, 3.05) is 19.8 Å². The lowest BCUT2D eigenvalue weighted by molar-refractivity contribution is 0.0312. The molecule has 0 aliphatic carbocycles. The van der Waals surface area contributed by atoms with Crippen molar-refractivity contribution in [1.82, 2.24) is 0 Å². The molecule has 3 nitrogen and oxygen atoms in total. The van der Waals surface area contributed by atoms with Crippen LogP contribution < -0.4 is 0 Å². The van der Waals surface area contributed by atoms with Gasteiger partial charge in [-0.1, -0.05) is 71.4 Å². The van der Waals surface area contributed by atoms with Crippen LogP contribution in [0.4, 0.5) is 0 Å². The zero-order valence-electron chi connectivity index (χ0n) is 16.4. The first-order valence-corrected chi connectivity index (χ1v) is 9.97. The molecule has 0 N–H and O–H groups in total. The van der Waals surface area contributed by atoms with E-state index < -0.39 is 0 Å². The second-order valence-corrected chi connectivity index (χ2v) is 7.15. The summed E-state index contributed by atoms with van der Waals surface area (Å²) in [6.07, 6.45) is 9.67. The number of unbranched alkanes of at least 4 members (excludes halogenated alkanes) is 4. The molecule has 0 aromatic heterocycles. The van der Waals surface area contributed by atoms with Gasteiger partial charge in [0.1, 0.15) is 6.61 Å². The molecule has 3 heteroatoms. The smallest absolute Gasteiger partial charge is 0.338 e. The van der Waals surface area contributed by atoms with Crippen LogP contribution in [0.25, 0.3) is 0 Å². The number of hydrogen-bond acceptors (Lipinski definition) is 3. The molecule has 1 aromatic carbocycles. The quantitative estimate of drug-likeness (QED) is 0.314. The molecule has 142 valence electrons. The lowest BCUT2D eigenvalue weighted by atomic mass is 10.0. The Morgan fingerprint density at radius 2 is 1.76 bits per heavy atom. The van der Waals surface area contributed by atoms with Crippen LogP contribution in [0.5, 0.6) is 0 Å². The van der Waals surface area contributed by atoms with E-state index in [0.29, 0.717) is 18.8 Å². The summed E-state index contributed by atoms with van der Waals surface area (Å²) in [5, 5.41) is 0. The Kier molecular flexibility index (Phi) is 12.0. The van der Waals surface area contributed by atoms with Crippen molar-refractivity contribution in [1.29, 1.82) is 0 Å². The molecule has 0 radical (unpaired) electrons. The third kappa shape index (κ3) is 11.0. The number of rotatable bonds is 14. The van der Waals surface area contributed by atoms with Crippen molar-refractivity contribution >= 4 is 5.97 Å². The zero-order chi connectivity index (χ0) is 18.3. The van der Waals surface area contributed by atoms with Crippen molar-refractivity contribution < 1.29 is 14.3 Å². The summed E-state index contributed by atoms with van der Waals surface area (Å²) in [7, 11) is 0. The Balaban J connectivity index is 2.00. The summed E-state index contributed by atoms with van der Waals surface area (Å²) in [5.41, 5.74) is 1.81. The maximum absolute atomic E-state index is 12.0. The lowest BCUT2D eigenvalue weighted by Crippen LogP contribution is -2.11. The van der Waals surface area contributed by atoms with Crippen LogP contribution in [0.2, 0.25) is 0 Å². The number of ether oxygens (including phenoxy) is 2. The van der Waals surface area contributed by atoms with Crippen LogP contribution in [0.1, 0.15) is 81.6 Å². The first-order chi connectivity index (χ1) is 12.1. The molecule has 1 aromatic rings. The monoisotopic (exact) mass is 348 g/mol. The van der Waals surface area contributed by atoms with E-state index in [4.69, 9.17) is 9.47 Å². The topological polar surface area (TPSA) is 35.5 Å². The minimum Gasteiger partial charge on any atom is -0.460 e. The summed E-state index contributed by atoms with van der Waals surface area (Å²) in [6, 6.07) is 7.69. The van der Waals surface area contributed by atoms with Gasteiger partial charge in [-0.05, 0) is 36.5 Å². The molecule has 0 bridgehead atoms. The number of carbonyl (C=O) groups is 1. The van der Waals surface area contributed by atoms with Crippen molar-refractivity contribution in [3.05, 3.63) is 35.4 Å². The predicted octanol–water partition coefficient (Wildman–Crippen LogP) is 5.81. The van der Waals surface area contributed by atoms with Gasteiger partial charge >= 0.3 is 5.97 Å². The largest absolute Gasteiger partial charge is 0.460 e. The van der Waals surface area contributed by atoms with E-state index in [1.807, 2.05) is 24.3 Å². The highest BCUT2D eigenvalue weighted by Crippen LogP contribution is 2.11. The maximum atomic E-state index is 12.0. The average molecular weight is 349 g/mol. The molecule has 0 fully saturated rings. The summed E-state index contributed by atoms with van der Waals surface area (Å²) < 4.78 is 10.8. The Hall–Kier alpha value is -1.35. The Labute approximate surface area is 154 Å². The molecule has 0 atom stereocenters. The van der Waals surface area contributed by atoms with E-state index in [9.17, 15) is 4.79 Å². The number of aryl methyl sites for hydroxylation is 1. The van der Waals surface area contributed by atoms with Crippen LogP contribution in [0.3, 0.4) is 0 Å². The van der Waals surface area contributed by atoms with Crippen molar-refractivity contribution in [2.24, 2.45) is 5.92 Å². The van der Waals surface area contributed by atoms with E-state index in [1.54, 1.807) is 0 Å². The number of hydrogen-bond donors (Lipinski definition) is 0. The molecular weight excluding hydrogens is 312 g/mol. The van der Waals surface area contributed by atoms with Gasteiger partial charge in [0.15, 0.2) is 0 Å². The summed E-state index contributed by atoms with van der Waals surface area (Å²) in [6.45, 7) is 8.26. The van der Waals surface area contributed by atoms with Crippen LogP contribution in [-0.4, -0.2) is 25.8 Å². The zero-order valence-corrected chi connectivity index (χ0v) is 16.4. The highest BCUT2D eigenvalue weighted by Gasteiger charge is 2.07. The van der Waals surface area contributed by atoms with E-state index in [1.165, 1.54) is 37.7 Å². The summed E-state index contributed by atoms with van der Waals surface area (Å²) in [5.74, 6) is 0.562. The number of esters is 1. The molecule has 0 saturated heterocycles.